The van der Waals surface area contributed by atoms with E-state index in [4.69, 9.17) is 20.4 Å². The maximum absolute atomic E-state index is 13.3. The summed E-state index contributed by atoms with van der Waals surface area (Å²) in [7, 11) is 3.30. The van der Waals surface area contributed by atoms with Crippen LogP contribution in [0, 0.1) is 89.8 Å². The summed E-state index contributed by atoms with van der Waals surface area (Å²) in [4.78, 5) is 107. The molecule has 19 rings (SSSR count). The molecule has 13 aromatic rings. The molecule has 4 amide bonds. The monoisotopic (exact) mass is 1890 g/mol. The molecule has 8 aromatic heterocycles. The van der Waals surface area contributed by atoms with Crippen molar-refractivity contribution in [2.75, 3.05) is 53.5 Å². The number of aryl methyl sites for hydroxylation is 2. The van der Waals surface area contributed by atoms with Gasteiger partial charge in [0.1, 0.15) is 31.3 Å². The normalized spacial score (nSPS) is 16.8. The van der Waals surface area contributed by atoms with Crippen molar-refractivity contribution in [2.24, 2.45) is 11.8 Å². The molecule has 0 saturated heterocycles. The number of hydrogen-bond donors (Lipinski definition) is 6. The molecule has 0 spiro atoms. The van der Waals surface area contributed by atoms with E-state index < -0.39 is 105 Å². The van der Waals surface area contributed by atoms with E-state index in [9.17, 15) is 63.9 Å². The van der Waals surface area contributed by atoms with E-state index in [0.717, 1.165) is 101 Å². The first-order valence-corrected chi connectivity index (χ1v) is 46.8. The van der Waals surface area contributed by atoms with Crippen molar-refractivity contribution in [3.8, 4) is 94.0 Å². The summed E-state index contributed by atoms with van der Waals surface area (Å²) >= 11 is 0. The van der Waals surface area contributed by atoms with Crippen LogP contribution >= 0.6 is 0 Å². The van der Waals surface area contributed by atoms with Crippen molar-refractivity contribution in [1.82, 2.24) is 92.6 Å². The van der Waals surface area contributed by atoms with Crippen molar-refractivity contribution in [3.05, 3.63) is 320 Å². The van der Waals surface area contributed by atoms with Gasteiger partial charge in [0, 0.05) is 125 Å². The first-order valence-electron chi connectivity index (χ1n) is 46.8. The van der Waals surface area contributed by atoms with Gasteiger partial charge in [-0.05, 0) is 124 Å². The largest absolute Gasteiger partial charge is 0.502 e. The van der Waals surface area contributed by atoms with Crippen LogP contribution in [-0.4, -0.2) is 212 Å². The molecule has 2 aliphatic carbocycles. The summed E-state index contributed by atoms with van der Waals surface area (Å²) in [5.41, 5.74) is 7.52. The lowest BCUT2D eigenvalue weighted by Crippen LogP contribution is -2.50. The summed E-state index contributed by atoms with van der Waals surface area (Å²) in [6, 6.07) is 42.1. The summed E-state index contributed by atoms with van der Waals surface area (Å²) in [6.45, 7) is 17.1. The van der Waals surface area contributed by atoms with Gasteiger partial charge in [-0.1, -0.05) is 201 Å². The number of amides is 4. The molecule has 8 atom stereocenters. The second-order valence-corrected chi connectivity index (χ2v) is 35.6. The SMILES string of the molecule is CC(C)N1CC(C(c2ccccc2)n2cc(C#CC3CC3)c(C#CC3CC3)n2)n2ncc(=O)c(O)c2C1=O.CCC#Cc1nn(C(c2ccccc2)C2CN(C(C)C)C(=O)c3c(O)c(=O)cnn32)cc1C#CCO.CCC#Cc1nn(C(c2ccccc2)C2CN(C)C(=O)c3c(O)c(=O)cnn32)cc1C#CCO.CCn1cc(C(c2ccccc2)C2CN(C)C(=O)c3c(O)c(=O)cnn32)c2ccc(C)cc21. The fourth-order valence-electron chi connectivity index (χ4n) is 18.1. The average molecular weight is 1890 g/mol. The highest BCUT2D eigenvalue weighted by Crippen LogP contribution is 2.45. The summed E-state index contributed by atoms with van der Waals surface area (Å²) < 4.78 is 13.4. The van der Waals surface area contributed by atoms with Crippen molar-refractivity contribution >= 4 is 34.5 Å². The Labute approximate surface area is 812 Å². The zero-order chi connectivity index (χ0) is 99.7. The quantitative estimate of drug-likeness (QED) is 0.0519. The zero-order valence-corrected chi connectivity index (χ0v) is 79.5. The van der Waals surface area contributed by atoms with Crippen molar-refractivity contribution in [2.45, 2.75) is 161 Å². The third kappa shape index (κ3) is 20.3. The minimum absolute atomic E-state index is 0.0581. The highest BCUT2D eigenvalue weighted by atomic mass is 16.3. The fraction of sp³-hybridized carbons (Fsp3) is 0.324. The molecule has 2 fully saturated rings. The minimum Gasteiger partial charge on any atom is -0.502 e. The lowest BCUT2D eigenvalue weighted by Gasteiger charge is -2.40. The lowest BCUT2D eigenvalue weighted by atomic mass is 9.83. The third-order valence-corrected chi connectivity index (χ3v) is 25.3. The number of carbonyl (C=O) groups is 4. The first kappa shape index (κ1) is 97.2. The third-order valence-electron chi connectivity index (χ3n) is 25.3. The van der Waals surface area contributed by atoms with Crippen LogP contribution in [0.15, 0.2) is 208 Å². The number of hydrogen-bond acceptors (Lipinski definition) is 21. The lowest BCUT2D eigenvalue weighted by molar-refractivity contribution is 0.0539. The molecule has 33 nitrogen and oxygen atoms in total. The van der Waals surface area contributed by atoms with Gasteiger partial charge in [-0.15, -0.1) is 0 Å². The topological polar surface area (TPSA) is 401 Å². The molecule has 0 radical (unpaired) electrons. The minimum atomic E-state index is -0.720. The number of carbonyl (C=O) groups excluding carboxylic acids is 4. The average Bonchev–Trinajstić information content (AvgIpc) is 1.56. The van der Waals surface area contributed by atoms with Gasteiger partial charge in [-0.3, -0.25) is 57.1 Å². The molecule has 0 bridgehead atoms. The van der Waals surface area contributed by atoms with Crippen molar-refractivity contribution in [1.29, 1.82) is 0 Å². The maximum Gasteiger partial charge on any atom is 0.276 e. The molecule has 6 aliphatic rings. The number of rotatable bonds is 15. The second-order valence-electron chi connectivity index (χ2n) is 35.6. The van der Waals surface area contributed by atoms with Crippen LogP contribution in [0.3, 0.4) is 0 Å². The number of aromatic nitrogens is 15. The zero-order valence-electron chi connectivity index (χ0n) is 79.5. The molecule has 716 valence electrons. The number of nitrogens with zero attached hydrogens (tertiary/aromatic N) is 19. The molecule has 2 saturated carbocycles. The van der Waals surface area contributed by atoms with Gasteiger partial charge in [0.2, 0.25) is 21.7 Å². The number of aromatic hydroxyl groups is 4. The van der Waals surface area contributed by atoms with Crippen LogP contribution in [0.4, 0.5) is 0 Å². The van der Waals surface area contributed by atoms with Crippen molar-refractivity contribution < 1.29 is 49.8 Å². The van der Waals surface area contributed by atoms with Gasteiger partial charge in [0.05, 0.1) is 65.6 Å². The van der Waals surface area contributed by atoms with Gasteiger partial charge in [0.25, 0.3) is 23.6 Å². The predicted octanol–water partition coefficient (Wildman–Crippen LogP) is 10.2. The Hall–Kier alpha value is -16.9. The molecule has 4 aliphatic heterocycles. The van der Waals surface area contributed by atoms with E-state index in [1.165, 1.54) is 24.5 Å². The van der Waals surface area contributed by atoms with Gasteiger partial charge in [0.15, 0.2) is 62.9 Å². The molecular weight excluding hydrogens is 1790 g/mol. The van der Waals surface area contributed by atoms with Crippen LogP contribution in [0.5, 0.6) is 23.0 Å². The Balaban J connectivity index is 0.000000136. The molecule has 33 heteroatoms. The number of likely N-dealkylation sites (N-methyl/N-ethyl adjacent to an activating group) is 2. The van der Waals surface area contributed by atoms with Gasteiger partial charge in [-0.25, -0.2) is 14.0 Å². The Morgan fingerprint density at radius 3 is 1.09 bits per heavy atom. The Morgan fingerprint density at radius 2 is 0.730 bits per heavy atom. The van der Waals surface area contributed by atoms with Crippen LogP contribution in [0.1, 0.15) is 244 Å². The van der Waals surface area contributed by atoms with Crippen molar-refractivity contribution in [3.63, 3.8) is 0 Å². The van der Waals surface area contributed by atoms with Gasteiger partial charge < -0.3 is 54.8 Å². The summed E-state index contributed by atoms with van der Waals surface area (Å²) in [5.74, 6) is 33.0. The van der Waals surface area contributed by atoms with Gasteiger partial charge >= 0.3 is 0 Å². The highest BCUT2D eigenvalue weighted by molar-refractivity contribution is 5.98. The molecule has 5 aromatic carbocycles. The molecule has 6 N–H and O–H groups in total. The summed E-state index contributed by atoms with van der Waals surface area (Å²) in [5, 5.41) is 93.2. The number of fused-ring (bicyclic) bond motifs is 5. The second kappa shape index (κ2) is 42.4. The van der Waals surface area contributed by atoms with E-state index in [1.807, 2.05) is 162 Å². The fourth-order valence-corrected chi connectivity index (χ4v) is 18.1. The van der Waals surface area contributed by atoms with Crippen LogP contribution in [0.25, 0.3) is 10.9 Å². The standard InChI is InChI=1S/C30H29N5O3.C27H27N5O4.C26H26N4O3.C25H23N5O4/c1-19(2)33-18-25(35-28(30(33)38)29(37)26(36)16-31-35)27(22-6-4-3-5-7-22)34-17-23(14-12-20-8-9-20)24(32-34)15-13-21-10-11-21;1-4-5-13-21-20(12-9-14-33)16-31(29-21)24(19-10-7-6-8-11-19)22-17-30(18(2)3)27(36)25-26(35)23(34)15-28-32(22)25;1-4-29-14-19(18-11-10-16(2)12-20(18)29)23(17-8-6-5-7-9-17)21-15-28(3)26(33)24-25(32)22(31)13-27-30(21)24;1-3-4-12-19-18(11-8-13-31)15-29(27-19)22(17-9-6-5-7-10-17)20-16-28(2)25(34)23-24(33)21(32)14-26-30(20)23/h3-7,16-17,19-21,25,27,37H,8-11,18H2,1-2H3;6-8,10-11,15-16,18,22,24,33,35H,4,14,17H2,1-3H3;5-14,21,23,32H,4,15H2,1-3H3;5-7,9-10,14-15,20,22,31,33H,3,13,16H2,1-2H3. The van der Waals surface area contributed by atoms with Crippen LogP contribution in [-0.2, 0) is 6.54 Å². The molecule has 8 unspecified atom stereocenters. The number of benzene rings is 5. The Bertz CT molecular complexity index is 7520. The smallest absolute Gasteiger partial charge is 0.276 e. The summed E-state index contributed by atoms with van der Waals surface area (Å²) in [6.07, 6.45) is 17.6. The Kier molecular flexibility index (Phi) is 29.2. The number of aliphatic hydroxyl groups is 2. The Morgan fingerprint density at radius 1 is 0.390 bits per heavy atom. The molecule has 12 heterocycles. The van der Waals surface area contributed by atoms with E-state index in [1.54, 1.807) is 55.2 Å². The van der Waals surface area contributed by atoms with Crippen LogP contribution < -0.4 is 21.7 Å². The van der Waals surface area contributed by atoms with Gasteiger partial charge in [-0.2, -0.15) is 35.7 Å². The highest BCUT2D eigenvalue weighted by Gasteiger charge is 2.46. The van der Waals surface area contributed by atoms with E-state index in [-0.39, 0.29) is 73.1 Å². The number of aliphatic hydroxyl groups excluding tert-OH is 2. The van der Waals surface area contributed by atoms with Crippen LogP contribution in [0.2, 0.25) is 0 Å². The predicted molar refractivity (Wildman–Crippen MR) is 526 cm³/mol. The first-order chi connectivity index (χ1) is 68.1. The van der Waals surface area contributed by atoms with E-state index in [0.29, 0.717) is 66.0 Å². The van der Waals surface area contributed by atoms with E-state index in [2.05, 4.69) is 146 Å². The molecular formula is C108H105N19O14. The van der Waals surface area contributed by atoms with E-state index >= 15 is 0 Å². The maximum atomic E-state index is 13.3. The molecule has 141 heavy (non-hydrogen) atoms.